The number of hydrogen-bond donors (Lipinski definition) is 2. The number of likely N-dealkylation sites (N-methyl/N-ethyl adjacent to an activating group) is 1. The van der Waals surface area contributed by atoms with Gasteiger partial charge in [0.2, 0.25) is 0 Å². The summed E-state index contributed by atoms with van der Waals surface area (Å²) in [5, 5.41) is 2.89. The van der Waals surface area contributed by atoms with Crippen LogP contribution in [0.3, 0.4) is 0 Å². The molecule has 0 saturated carbocycles. The van der Waals surface area contributed by atoms with Crippen LogP contribution < -0.4 is 15.8 Å². The van der Waals surface area contributed by atoms with Gasteiger partial charge in [0.25, 0.3) is 5.91 Å². The van der Waals surface area contributed by atoms with Crippen molar-refractivity contribution >= 4 is 35.6 Å². The quantitative estimate of drug-likeness (QED) is 0.591. The molecule has 1 rings (SSSR count). The molecular weight excluding hydrogens is 314 g/mol. The van der Waals surface area contributed by atoms with E-state index in [4.69, 9.17) is 26.2 Å². The average Bonchev–Trinajstić information content (AvgIpc) is 2.45. The van der Waals surface area contributed by atoms with Crippen molar-refractivity contribution in [2.75, 3.05) is 39.0 Å². The van der Waals surface area contributed by atoms with Gasteiger partial charge in [0, 0.05) is 19.2 Å². The molecule has 0 aliphatic carbocycles. The molecule has 1 amide bonds. The SMILES string of the molecule is Cl.[2H][13C]([2H])([2H])Oc1cc(N)c(Cl)cc1C(=O)NCCN(CC)CC. The van der Waals surface area contributed by atoms with Crippen molar-refractivity contribution in [3.8, 4) is 5.75 Å². The summed E-state index contributed by atoms with van der Waals surface area (Å²) in [6.45, 7) is 6.95. The number of carbonyl (C=O) groups excluding carboxylic acids is 1. The fourth-order valence-electron chi connectivity index (χ4n) is 1.79. The van der Waals surface area contributed by atoms with E-state index < -0.39 is 12.9 Å². The molecule has 0 fully saturated rings. The Morgan fingerprint density at radius 3 is 2.71 bits per heavy atom. The molecular formula is C14H23Cl2N3O2. The Bertz CT molecular complexity index is 553. The first-order chi connectivity index (χ1) is 10.7. The molecule has 7 heteroatoms. The maximum atomic E-state index is 12.3. The van der Waals surface area contributed by atoms with Crippen LogP contribution in [0.5, 0.6) is 5.75 Å². The van der Waals surface area contributed by atoms with E-state index >= 15 is 0 Å². The van der Waals surface area contributed by atoms with Crippen LogP contribution in [0, 0.1) is 0 Å². The van der Waals surface area contributed by atoms with Crippen molar-refractivity contribution in [2.24, 2.45) is 0 Å². The van der Waals surface area contributed by atoms with E-state index in [2.05, 4.69) is 10.2 Å². The molecule has 0 aliphatic rings. The number of benzene rings is 1. The van der Waals surface area contributed by atoms with Gasteiger partial charge in [-0.2, -0.15) is 0 Å². The fraction of sp³-hybridized carbons (Fsp3) is 0.500. The van der Waals surface area contributed by atoms with Crippen LogP contribution in [-0.2, 0) is 0 Å². The summed E-state index contributed by atoms with van der Waals surface area (Å²) in [6, 6.07) is 2.55. The van der Waals surface area contributed by atoms with Crippen LogP contribution in [0.1, 0.15) is 28.3 Å². The highest BCUT2D eigenvalue weighted by molar-refractivity contribution is 6.33. The maximum Gasteiger partial charge on any atom is 0.255 e. The summed E-state index contributed by atoms with van der Waals surface area (Å²) in [4.78, 5) is 14.4. The minimum absolute atomic E-state index is 0. The lowest BCUT2D eigenvalue weighted by atomic mass is 10.1. The van der Waals surface area contributed by atoms with Gasteiger partial charge in [0.1, 0.15) is 5.75 Å². The Morgan fingerprint density at radius 2 is 2.14 bits per heavy atom. The zero-order chi connectivity index (χ0) is 17.6. The van der Waals surface area contributed by atoms with Gasteiger partial charge in [-0.15, -0.1) is 12.4 Å². The molecule has 0 spiro atoms. The first-order valence-electron chi connectivity index (χ1n) is 7.96. The second kappa shape index (κ2) is 9.71. The van der Waals surface area contributed by atoms with E-state index in [1.165, 1.54) is 12.1 Å². The van der Waals surface area contributed by atoms with Crippen LogP contribution in [0.2, 0.25) is 5.02 Å². The second-order valence-electron chi connectivity index (χ2n) is 4.25. The Kier molecular flexibility index (Phi) is 6.82. The molecule has 0 aliphatic heterocycles. The summed E-state index contributed by atoms with van der Waals surface area (Å²) in [5.74, 6) is -0.578. The molecule has 1 aromatic carbocycles. The van der Waals surface area contributed by atoms with Gasteiger partial charge in [-0.05, 0) is 19.2 Å². The lowest BCUT2D eigenvalue weighted by molar-refractivity contribution is 0.0946. The maximum absolute atomic E-state index is 12.3. The van der Waals surface area contributed by atoms with Gasteiger partial charge in [-0.25, -0.2) is 0 Å². The molecule has 1 aromatic rings. The summed E-state index contributed by atoms with van der Waals surface area (Å²) in [7, 11) is -2.68. The van der Waals surface area contributed by atoms with Gasteiger partial charge in [-0.1, -0.05) is 25.4 Å². The molecule has 0 radical (unpaired) electrons. The second-order valence-corrected chi connectivity index (χ2v) is 4.66. The van der Waals surface area contributed by atoms with E-state index in [9.17, 15) is 4.79 Å². The molecule has 21 heavy (non-hydrogen) atoms. The summed E-state index contributed by atoms with van der Waals surface area (Å²) in [5.41, 5.74) is 5.84. The predicted molar refractivity (Wildman–Crippen MR) is 89.8 cm³/mol. The third-order valence-corrected chi connectivity index (χ3v) is 3.39. The highest BCUT2D eigenvalue weighted by Crippen LogP contribution is 2.28. The Labute approximate surface area is 141 Å². The van der Waals surface area contributed by atoms with E-state index in [0.29, 0.717) is 13.1 Å². The van der Waals surface area contributed by atoms with Crippen LogP contribution in [0.15, 0.2) is 12.1 Å². The van der Waals surface area contributed by atoms with Crippen LogP contribution in [-0.4, -0.2) is 44.0 Å². The highest BCUT2D eigenvalue weighted by Gasteiger charge is 2.14. The van der Waals surface area contributed by atoms with Gasteiger partial charge >= 0.3 is 0 Å². The Morgan fingerprint density at radius 1 is 1.48 bits per heavy atom. The van der Waals surface area contributed by atoms with Crippen molar-refractivity contribution < 1.29 is 13.6 Å². The lowest BCUT2D eigenvalue weighted by Gasteiger charge is -2.18. The Hall–Kier alpha value is -1.17. The molecule has 120 valence electrons. The van der Waals surface area contributed by atoms with Gasteiger partial charge in [0.15, 0.2) is 0 Å². The largest absolute Gasteiger partial charge is 0.496 e. The molecule has 0 atom stereocenters. The van der Waals surface area contributed by atoms with Crippen LogP contribution in [0.4, 0.5) is 5.69 Å². The molecule has 0 saturated heterocycles. The zero-order valence-electron chi connectivity index (χ0n) is 15.1. The average molecular weight is 340 g/mol. The van der Waals surface area contributed by atoms with Crippen LogP contribution >= 0.6 is 24.0 Å². The summed E-state index contributed by atoms with van der Waals surface area (Å²) in [6.07, 6.45) is 0. The minimum Gasteiger partial charge on any atom is -0.496 e. The summed E-state index contributed by atoms with van der Waals surface area (Å²) < 4.78 is 26.4. The number of rotatable bonds is 7. The lowest BCUT2D eigenvalue weighted by Crippen LogP contribution is -2.34. The van der Waals surface area contributed by atoms with E-state index in [0.717, 1.165) is 13.1 Å². The number of nitrogens with two attached hydrogens (primary N) is 1. The molecule has 0 bridgehead atoms. The minimum atomic E-state index is -2.68. The smallest absolute Gasteiger partial charge is 0.255 e. The van der Waals surface area contributed by atoms with Gasteiger partial charge < -0.3 is 20.7 Å². The zero-order valence-corrected chi connectivity index (χ0v) is 13.7. The number of anilines is 1. The van der Waals surface area contributed by atoms with Gasteiger partial charge in [-0.3, -0.25) is 4.79 Å². The number of nitrogen functional groups attached to an aromatic ring is 1. The normalized spacial score (nSPS) is 12.9. The van der Waals surface area contributed by atoms with E-state index in [1.807, 2.05) is 13.8 Å². The molecule has 3 N–H and O–H groups in total. The first kappa shape index (κ1) is 14.8. The van der Waals surface area contributed by atoms with E-state index in [1.54, 1.807) is 0 Å². The third-order valence-electron chi connectivity index (χ3n) is 3.06. The van der Waals surface area contributed by atoms with Crippen LogP contribution in [0.25, 0.3) is 0 Å². The Balaban J connectivity index is 0.00000529. The number of amides is 1. The van der Waals surface area contributed by atoms with Crippen molar-refractivity contribution in [1.82, 2.24) is 10.2 Å². The highest BCUT2D eigenvalue weighted by atomic mass is 35.5. The standard InChI is InChI=1S/C14H22ClN3O2.ClH/c1-4-18(5-2)7-6-17-14(19)10-8-11(15)12(16)9-13(10)20-3;/h8-9H,4-7,16H2,1-3H3,(H,17,19);1H/i3+1D3;. The fourth-order valence-corrected chi connectivity index (χ4v) is 1.96. The first-order valence-corrected chi connectivity index (χ1v) is 6.84. The molecule has 0 aromatic heterocycles. The predicted octanol–water partition coefficient (Wildman–Crippen LogP) is 2.42. The number of nitrogens with zero attached hydrogens (tertiary/aromatic N) is 1. The molecule has 0 unspecified atom stereocenters. The van der Waals surface area contributed by atoms with Gasteiger partial charge in [0.05, 0.1) is 27.4 Å². The third kappa shape index (κ3) is 5.61. The number of methoxy groups -OCH3 is 1. The van der Waals surface area contributed by atoms with Crippen molar-refractivity contribution in [3.63, 3.8) is 0 Å². The number of ether oxygens (including phenoxy) is 1. The van der Waals surface area contributed by atoms with Crippen molar-refractivity contribution in [3.05, 3.63) is 22.7 Å². The van der Waals surface area contributed by atoms with Crippen molar-refractivity contribution in [2.45, 2.75) is 13.8 Å². The number of carbonyl (C=O) groups is 1. The molecule has 0 heterocycles. The number of nitrogens with one attached hydrogen (secondary N) is 1. The monoisotopic (exact) mass is 339 g/mol. The summed E-state index contributed by atoms with van der Waals surface area (Å²) >= 11 is 5.92. The number of hydrogen-bond acceptors (Lipinski definition) is 4. The topological polar surface area (TPSA) is 67.6 Å². The number of halogens is 2. The molecule has 5 nitrogen and oxygen atoms in total. The van der Waals surface area contributed by atoms with Crippen molar-refractivity contribution in [1.29, 1.82) is 0 Å². The van der Waals surface area contributed by atoms with E-state index in [-0.39, 0.29) is 34.4 Å².